The second-order valence-electron chi connectivity index (χ2n) is 4.62. The van der Waals surface area contributed by atoms with E-state index in [1.165, 1.54) is 12.1 Å². The summed E-state index contributed by atoms with van der Waals surface area (Å²) in [6.07, 6.45) is 1.85. The molecule has 0 spiro atoms. The molecule has 0 saturated carbocycles. The van der Waals surface area contributed by atoms with Gasteiger partial charge in [-0.25, -0.2) is 13.1 Å². The zero-order valence-corrected chi connectivity index (χ0v) is 13.0. The lowest BCUT2D eigenvalue weighted by molar-refractivity contribution is 0.540. The van der Waals surface area contributed by atoms with E-state index < -0.39 is 10.0 Å². The van der Waals surface area contributed by atoms with Crippen LogP contribution in [0.3, 0.4) is 0 Å². The molecule has 6 heteroatoms. The van der Waals surface area contributed by atoms with Crippen LogP contribution in [0.2, 0.25) is 0 Å². The maximum atomic E-state index is 12.0. The zero-order valence-electron chi connectivity index (χ0n) is 10.6. The van der Waals surface area contributed by atoms with Crippen molar-refractivity contribution in [2.45, 2.75) is 31.6 Å². The van der Waals surface area contributed by atoms with Crippen LogP contribution >= 0.6 is 15.9 Å². The van der Waals surface area contributed by atoms with Gasteiger partial charge < -0.3 is 5.73 Å². The number of sulfonamides is 1. The van der Waals surface area contributed by atoms with E-state index in [4.69, 9.17) is 5.73 Å². The number of hydrogen-bond acceptors (Lipinski definition) is 3. The molecular formula is C12H19BrN2O2S. The molecule has 1 rings (SSSR count). The monoisotopic (exact) mass is 334 g/mol. The number of hydrogen-bond donors (Lipinski definition) is 2. The van der Waals surface area contributed by atoms with Crippen molar-refractivity contribution in [3.05, 3.63) is 22.7 Å². The standard InChI is InChI=1S/C12H19BrN2O2S/c1-9(2)4-3-7-15-18(16,17)10-5-6-12(14)11(13)8-10/h5-6,8-9,15H,3-4,7,14H2,1-2H3. The highest BCUT2D eigenvalue weighted by molar-refractivity contribution is 9.10. The van der Waals surface area contributed by atoms with Gasteiger partial charge in [0.1, 0.15) is 0 Å². The zero-order chi connectivity index (χ0) is 13.8. The Labute approximate surface area is 117 Å². The van der Waals surface area contributed by atoms with Crippen molar-refractivity contribution in [1.82, 2.24) is 4.72 Å². The number of nitrogen functional groups attached to an aromatic ring is 1. The van der Waals surface area contributed by atoms with Crippen LogP contribution in [-0.4, -0.2) is 15.0 Å². The highest BCUT2D eigenvalue weighted by Crippen LogP contribution is 2.22. The van der Waals surface area contributed by atoms with Crippen LogP contribution in [0.4, 0.5) is 5.69 Å². The SMILES string of the molecule is CC(C)CCCNS(=O)(=O)c1ccc(N)c(Br)c1. The van der Waals surface area contributed by atoms with E-state index >= 15 is 0 Å². The van der Waals surface area contributed by atoms with E-state index in [0.29, 0.717) is 22.6 Å². The van der Waals surface area contributed by atoms with Crippen LogP contribution < -0.4 is 10.5 Å². The van der Waals surface area contributed by atoms with Gasteiger partial charge in [0.15, 0.2) is 0 Å². The summed E-state index contributed by atoms with van der Waals surface area (Å²) in [5.74, 6) is 0.583. The molecule has 1 aromatic rings. The highest BCUT2D eigenvalue weighted by atomic mass is 79.9. The van der Waals surface area contributed by atoms with Gasteiger partial charge in [-0.3, -0.25) is 0 Å². The molecular weight excluding hydrogens is 316 g/mol. The number of benzene rings is 1. The van der Waals surface area contributed by atoms with Crippen LogP contribution in [0.5, 0.6) is 0 Å². The van der Waals surface area contributed by atoms with Crippen LogP contribution in [0, 0.1) is 5.92 Å². The molecule has 1 aromatic carbocycles. The van der Waals surface area contributed by atoms with Crippen molar-refractivity contribution in [3.8, 4) is 0 Å². The van der Waals surface area contributed by atoms with Gasteiger partial charge in [-0.05, 0) is 52.9 Å². The number of rotatable bonds is 6. The molecule has 0 bridgehead atoms. The molecule has 0 atom stereocenters. The minimum absolute atomic E-state index is 0.230. The summed E-state index contributed by atoms with van der Waals surface area (Å²) < 4.78 is 27.1. The second-order valence-corrected chi connectivity index (χ2v) is 7.24. The largest absolute Gasteiger partial charge is 0.398 e. The predicted molar refractivity (Wildman–Crippen MR) is 77.8 cm³/mol. The molecule has 0 aliphatic heterocycles. The lowest BCUT2D eigenvalue weighted by Crippen LogP contribution is -2.25. The van der Waals surface area contributed by atoms with Crippen molar-refractivity contribution in [2.75, 3.05) is 12.3 Å². The van der Waals surface area contributed by atoms with E-state index in [-0.39, 0.29) is 4.90 Å². The van der Waals surface area contributed by atoms with Gasteiger partial charge in [0, 0.05) is 16.7 Å². The Bertz CT molecular complexity index is 501. The number of anilines is 1. The maximum absolute atomic E-state index is 12.0. The summed E-state index contributed by atoms with van der Waals surface area (Å²) in [6, 6.07) is 4.59. The van der Waals surface area contributed by atoms with Gasteiger partial charge in [-0.2, -0.15) is 0 Å². The average molecular weight is 335 g/mol. The Morgan fingerprint density at radius 3 is 2.61 bits per heavy atom. The van der Waals surface area contributed by atoms with Crippen LogP contribution in [-0.2, 0) is 10.0 Å². The molecule has 0 aromatic heterocycles. The number of halogens is 1. The summed E-state index contributed by atoms with van der Waals surface area (Å²) in [5, 5.41) is 0. The second kappa shape index (κ2) is 6.54. The fraction of sp³-hybridized carbons (Fsp3) is 0.500. The van der Waals surface area contributed by atoms with Crippen molar-refractivity contribution in [1.29, 1.82) is 0 Å². The summed E-state index contributed by atoms with van der Waals surface area (Å²) in [7, 11) is -3.43. The first kappa shape index (κ1) is 15.5. The van der Waals surface area contributed by atoms with E-state index in [9.17, 15) is 8.42 Å². The fourth-order valence-electron chi connectivity index (χ4n) is 1.48. The third-order valence-corrected chi connectivity index (χ3v) is 4.68. The van der Waals surface area contributed by atoms with Crippen LogP contribution in [0.25, 0.3) is 0 Å². The molecule has 18 heavy (non-hydrogen) atoms. The summed E-state index contributed by atoms with van der Waals surface area (Å²) >= 11 is 3.22. The van der Waals surface area contributed by atoms with Gasteiger partial charge in [-0.15, -0.1) is 0 Å². The Morgan fingerprint density at radius 1 is 1.39 bits per heavy atom. The molecule has 3 N–H and O–H groups in total. The van der Waals surface area contributed by atoms with E-state index in [1.807, 2.05) is 0 Å². The van der Waals surface area contributed by atoms with Crippen molar-refractivity contribution in [2.24, 2.45) is 5.92 Å². The molecule has 0 aliphatic rings. The Balaban J connectivity index is 2.66. The first-order chi connectivity index (χ1) is 8.33. The minimum Gasteiger partial charge on any atom is -0.398 e. The third-order valence-electron chi connectivity index (χ3n) is 2.53. The molecule has 0 unspecified atom stereocenters. The fourth-order valence-corrected chi connectivity index (χ4v) is 3.11. The van der Waals surface area contributed by atoms with Gasteiger partial charge in [0.2, 0.25) is 10.0 Å². The van der Waals surface area contributed by atoms with Crippen LogP contribution in [0.1, 0.15) is 26.7 Å². The first-order valence-electron chi connectivity index (χ1n) is 5.87. The summed E-state index contributed by atoms with van der Waals surface area (Å²) in [5.41, 5.74) is 6.15. The predicted octanol–water partition coefficient (Wildman–Crippen LogP) is 2.75. The third kappa shape index (κ3) is 4.59. The smallest absolute Gasteiger partial charge is 0.240 e. The molecule has 0 heterocycles. The molecule has 0 aliphatic carbocycles. The Morgan fingerprint density at radius 2 is 2.06 bits per heavy atom. The maximum Gasteiger partial charge on any atom is 0.240 e. The lowest BCUT2D eigenvalue weighted by atomic mass is 10.1. The van der Waals surface area contributed by atoms with Crippen molar-refractivity contribution >= 4 is 31.6 Å². The molecule has 4 nitrogen and oxygen atoms in total. The quantitative estimate of drug-likeness (QED) is 0.620. The van der Waals surface area contributed by atoms with Gasteiger partial charge >= 0.3 is 0 Å². The summed E-state index contributed by atoms with van der Waals surface area (Å²) in [6.45, 7) is 4.69. The van der Waals surface area contributed by atoms with Crippen LogP contribution in [0.15, 0.2) is 27.6 Å². The molecule has 0 fully saturated rings. The normalized spacial score (nSPS) is 12.0. The topological polar surface area (TPSA) is 72.2 Å². The van der Waals surface area contributed by atoms with Gasteiger partial charge in [0.05, 0.1) is 4.90 Å². The van der Waals surface area contributed by atoms with Gasteiger partial charge in [-0.1, -0.05) is 13.8 Å². The molecule has 0 saturated heterocycles. The first-order valence-corrected chi connectivity index (χ1v) is 8.15. The van der Waals surface area contributed by atoms with E-state index in [1.54, 1.807) is 6.07 Å². The molecule has 0 amide bonds. The summed E-state index contributed by atoms with van der Waals surface area (Å²) in [4.78, 5) is 0.230. The molecule has 102 valence electrons. The van der Waals surface area contributed by atoms with E-state index in [2.05, 4.69) is 34.5 Å². The number of nitrogens with one attached hydrogen (secondary N) is 1. The average Bonchev–Trinajstić information content (AvgIpc) is 2.28. The van der Waals surface area contributed by atoms with Crippen molar-refractivity contribution in [3.63, 3.8) is 0 Å². The Kier molecular flexibility index (Phi) is 5.62. The number of nitrogens with two attached hydrogens (primary N) is 1. The van der Waals surface area contributed by atoms with E-state index in [0.717, 1.165) is 12.8 Å². The molecule has 0 radical (unpaired) electrons. The van der Waals surface area contributed by atoms with Crippen molar-refractivity contribution < 1.29 is 8.42 Å². The lowest BCUT2D eigenvalue weighted by Gasteiger charge is -2.09. The van der Waals surface area contributed by atoms with Gasteiger partial charge in [0.25, 0.3) is 0 Å². The highest BCUT2D eigenvalue weighted by Gasteiger charge is 2.14. The minimum atomic E-state index is -3.43. The Hall–Kier alpha value is -0.590.